The largest absolute Gasteiger partial charge is 0.354 e. The second-order valence-corrected chi connectivity index (χ2v) is 4.61. The zero-order chi connectivity index (χ0) is 11.7. The van der Waals surface area contributed by atoms with Crippen molar-refractivity contribution in [1.29, 1.82) is 0 Å². The molecule has 2 amide bonds. The van der Waals surface area contributed by atoms with Crippen LogP contribution in [0.25, 0.3) is 0 Å². The molecule has 0 aromatic rings. The zero-order valence-corrected chi connectivity index (χ0v) is 9.61. The van der Waals surface area contributed by atoms with Crippen LogP contribution in [0.15, 0.2) is 0 Å². The molecule has 0 aliphatic carbocycles. The van der Waals surface area contributed by atoms with Gasteiger partial charge in [0.15, 0.2) is 0 Å². The van der Waals surface area contributed by atoms with Crippen molar-refractivity contribution in [3.8, 4) is 0 Å². The average molecular weight is 225 g/mol. The van der Waals surface area contributed by atoms with Crippen molar-refractivity contribution in [2.45, 2.75) is 38.3 Å². The molecule has 3 atom stereocenters. The Balaban J connectivity index is 2.10. The molecule has 2 heterocycles. The first-order valence-corrected chi connectivity index (χ1v) is 5.99. The summed E-state index contributed by atoms with van der Waals surface area (Å²) in [6.45, 7) is 3.23. The summed E-state index contributed by atoms with van der Waals surface area (Å²) in [5, 5.41) is 2.83. The molecular weight excluding hydrogens is 206 g/mol. The Morgan fingerprint density at radius 2 is 2.44 bits per heavy atom. The molecule has 0 spiro atoms. The van der Waals surface area contributed by atoms with Crippen LogP contribution in [0, 0.1) is 5.92 Å². The lowest BCUT2D eigenvalue weighted by Gasteiger charge is -2.37. The minimum Gasteiger partial charge on any atom is -0.354 e. The monoisotopic (exact) mass is 225 g/mol. The van der Waals surface area contributed by atoms with Crippen LogP contribution in [0.3, 0.4) is 0 Å². The van der Waals surface area contributed by atoms with Crippen LogP contribution in [-0.4, -0.2) is 41.9 Å². The number of amides is 2. The maximum absolute atomic E-state index is 12.0. The standard InChI is InChI=1S/C11H19N3O2/c1-2-8(12)11(16)14-5-3-4-7-9(14)6-13-10(7)15/h7-9H,2-6,12H2,1H3,(H,13,15)/t7?,8-,9?/m1/s1. The number of nitrogens with two attached hydrogens (primary N) is 1. The second kappa shape index (κ2) is 4.41. The van der Waals surface area contributed by atoms with Crippen molar-refractivity contribution in [1.82, 2.24) is 10.2 Å². The molecule has 2 fully saturated rings. The summed E-state index contributed by atoms with van der Waals surface area (Å²) >= 11 is 0. The summed E-state index contributed by atoms with van der Waals surface area (Å²) in [5.74, 6) is 0.0722. The van der Waals surface area contributed by atoms with Crippen molar-refractivity contribution >= 4 is 11.8 Å². The number of nitrogens with one attached hydrogen (secondary N) is 1. The second-order valence-electron chi connectivity index (χ2n) is 4.61. The third-order valence-electron chi connectivity index (χ3n) is 3.64. The number of hydrogen-bond acceptors (Lipinski definition) is 3. The van der Waals surface area contributed by atoms with E-state index in [0.717, 1.165) is 19.4 Å². The Morgan fingerprint density at radius 1 is 1.69 bits per heavy atom. The molecule has 0 bridgehead atoms. The molecule has 2 aliphatic heterocycles. The molecule has 5 heteroatoms. The van der Waals surface area contributed by atoms with Crippen molar-refractivity contribution in [3.05, 3.63) is 0 Å². The smallest absolute Gasteiger partial charge is 0.239 e. The summed E-state index contributed by atoms with van der Waals surface area (Å²) in [4.78, 5) is 25.4. The van der Waals surface area contributed by atoms with Gasteiger partial charge in [0, 0.05) is 13.1 Å². The Bertz CT molecular complexity index is 306. The van der Waals surface area contributed by atoms with Gasteiger partial charge >= 0.3 is 0 Å². The number of hydrogen-bond donors (Lipinski definition) is 2. The predicted molar refractivity (Wildman–Crippen MR) is 59.5 cm³/mol. The van der Waals surface area contributed by atoms with Gasteiger partial charge in [0.25, 0.3) is 0 Å². The highest BCUT2D eigenvalue weighted by molar-refractivity contribution is 5.86. The van der Waals surface area contributed by atoms with Crippen LogP contribution in [0.1, 0.15) is 26.2 Å². The fourth-order valence-corrected chi connectivity index (χ4v) is 2.61. The van der Waals surface area contributed by atoms with Gasteiger partial charge in [-0.2, -0.15) is 0 Å². The summed E-state index contributed by atoms with van der Waals surface area (Å²) in [5.41, 5.74) is 5.77. The van der Waals surface area contributed by atoms with Crippen LogP contribution in [-0.2, 0) is 9.59 Å². The minimum atomic E-state index is -0.422. The number of nitrogens with zero attached hydrogens (tertiary/aromatic N) is 1. The highest BCUT2D eigenvalue weighted by Crippen LogP contribution is 2.27. The fourth-order valence-electron chi connectivity index (χ4n) is 2.61. The maximum atomic E-state index is 12.0. The molecule has 3 N–H and O–H groups in total. The molecule has 2 aliphatic rings. The molecule has 90 valence electrons. The first-order valence-electron chi connectivity index (χ1n) is 5.99. The highest BCUT2D eigenvalue weighted by Gasteiger charge is 2.43. The Morgan fingerprint density at radius 3 is 3.12 bits per heavy atom. The van der Waals surface area contributed by atoms with E-state index in [-0.39, 0.29) is 23.8 Å². The highest BCUT2D eigenvalue weighted by atomic mass is 16.2. The van der Waals surface area contributed by atoms with E-state index < -0.39 is 6.04 Å². The van der Waals surface area contributed by atoms with Gasteiger partial charge in [-0.25, -0.2) is 0 Å². The molecule has 2 rings (SSSR count). The van der Waals surface area contributed by atoms with E-state index in [1.54, 1.807) is 4.90 Å². The molecule has 0 saturated carbocycles. The van der Waals surface area contributed by atoms with Gasteiger partial charge in [0.1, 0.15) is 0 Å². The van der Waals surface area contributed by atoms with E-state index >= 15 is 0 Å². The Kier molecular flexibility index (Phi) is 3.14. The molecule has 2 saturated heterocycles. The summed E-state index contributed by atoms with van der Waals surface area (Å²) < 4.78 is 0. The predicted octanol–water partition coefficient (Wildman–Crippen LogP) is -0.539. The van der Waals surface area contributed by atoms with E-state index in [9.17, 15) is 9.59 Å². The number of rotatable bonds is 2. The molecule has 0 aromatic carbocycles. The van der Waals surface area contributed by atoms with Crippen molar-refractivity contribution in [2.75, 3.05) is 13.1 Å². The SMILES string of the molecule is CC[C@@H](N)C(=O)N1CCCC2C(=O)NCC21. The molecule has 5 nitrogen and oxygen atoms in total. The summed E-state index contributed by atoms with van der Waals surface area (Å²) in [7, 11) is 0. The molecule has 0 aromatic heterocycles. The van der Waals surface area contributed by atoms with Crippen LogP contribution in [0.2, 0.25) is 0 Å². The molecule has 16 heavy (non-hydrogen) atoms. The van der Waals surface area contributed by atoms with Gasteiger partial charge in [0.2, 0.25) is 11.8 Å². The lowest BCUT2D eigenvalue weighted by atomic mass is 9.91. The first kappa shape index (κ1) is 11.4. The first-order chi connectivity index (χ1) is 7.65. The number of likely N-dealkylation sites (tertiary alicyclic amines) is 1. The third-order valence-corrected chi connectivity index (χ3v) is 3.64. The molecule has 2 unspecified atom stereocenters. The summed E-state index contributed by atoms with van der Waals surface area (Å²) in [6.07, 6.45) is 2.44. The van der Waals surface area contributed by atoms with Crippen molar-refractivity contribution in [3.63, 3.8) is 0 Å². The van der Waals surface area contributed by atoms with Gasteiger partial charge in [-0.05, 0) is 19.3 Å². The summed E-state index contributed by atoms with van der Waals surface area (Å²) in [6, 6.07) is -0.388. The quantitative estimate of drug-likeness (QED) is 0.663. The minimum absolute atomic E-state index is 0.00583. The molecule has 0 radical (unpaired) electrons. The third kappa shape index (κ3) is 1.80. The number of piperidine rings is 1. The van der Waals surface area contributed by atoms with Gasteiger partial charge < -0.3 is 16.0 Å². The fraction of sp³-hybridized carbons (Fsp3) is 0.818. The van der Waals surface area contributed by atoms with Crippen molar-refractivity contribution < 1.29 is 9.59 Å². The number of carbonyl (C=O) groups is 2. The van der Waals surface area contributed by atoms with Crippen LogP contribution < -0.4 is 11.1 Å². The van der Waals surface area contributed by atoms with E-state index in [4.69, 9.17) is 5.73 Å². The zero-order valence-electron chi connectivity index (χ0n) is 9.61. The van der Waals surface area contributed by atoms with Gasteiger partial charge in [-0.15, -0.1) is 0 Å². The van der Waals surface area contributed by atoms with Crippen LogP contribution in [0.4, 0.5) is 0 Å². The normalized spacial score (nSPS) is 30.9. The molecular formula is C11H19N3O2. The topological polar surface area (TPSA) is 75.4 Å². The van der Waals surface area contributed by atoms with Crippen LogP contribution in [0.5, 0.6) is 0 Å². The Hall–Kier alpha value is -1.10. The van der Waals surface area contributed by atoms with Gasteiger partial charge in [-0.1, -0.05) is 6.92 Å². The lowest BCUT2D eigenvalue weighted by molar-refractivity contribution is -0.138. The lowest BCUT2D eigenvalue weighted by Crippen LogP contribution is -2.53. The van der Waals surface area contributed by atoms with Gasteiger partial charge in [0.05, 0.1) is 18.0 Å². The van der Waals surface area contributed by atoms with Crippen LogP contribution >= 0.6 is 0 Å². The van der Waals surface area contributed by atoms with E-state index in [2.05, 4.69) is 5.32 Å². The Labute approximate surface area is 95.3 Å². The van der Waals surface area contributed by atoms with E-state index in [0.29, 0.717) is 13.0 Å². The maximum Gasteiger partial charge on any atom is 0.239 e. The number of carbonyl (C=O) groups excluding carboxylic acids is 2. The number of fused-ring (bicyclic) bond motifs is 1. The average Bonchev–Trinajstić information content (AvgIpc) is 2.69. The van der Waals surface area contributed by atoms with E-state index in [1.807, 2.05) is 6.92 Å². The van der Waals surface area contributed by atoms with Gasteiger partial charge in [-0.3, -0.25) is 9.59 Å². The van der Waals surface area contributed by atoms with E-state index in [1.165, 1.54) is 0 Å². The van der Waals surface area contributed by atoms with Crippen molar-refractivity contribution in [2.24, 2.45) is 11.7 Å².